The Labute approximate surface area is 181 Å². The molecule has 0 aliphatic heterocycles. The summed E-state index contributed by atoms with van der Waals surface area (Å²) in [5.74, 6) is 0.833. The fourth-order valence-corrected chi connectivity index (χ4v) is 3.77. The Morgan fingerprint density at radius 1 is 1.13 bits per heavy atom. The highest BCUT2D eigenvalue weighted by Crippen LogP contribution is 2.34. The predicted octanol–water partition coefficient (Wildman–Crippen LogP) is 4.80. The highest BCUT2D eigenvalue weighted by molar-refractivity contribution is 7.15. The third kappa shape index (κ3) is 4.72. The molecule has 4 rings (SSSR count). The molecule has 0 aliphatic rings. The number of aromatic nitrogens is 2. The third-order valence-corrected chi connectivity index (χ3v) is 5.39. The van der Waals surface area contributed by atoms with Gasteiger partial charge < -0.3 is 14.0 Å². The Kier molecular flexibility index (Phi) is 5.94. The van der Waals surface area contributed by atoms with Crippen molar-refractivity contribution < 1.29 is 23.2 Å². The summed E-state index contributed by atoms with van der Waals surface area (Å²) in [7, 11) is 3.10. The van der Waals surface area contributed by atoms with Gasteiger partial charge >= 0.3 is 0 Å². The van der Waals surface area contributed by atoms with Gasteiger partial charge in [-0.2, -0.15) is 0 Å². The smallest absolute Gasteiger partial charge is 0.279 e. The van der Waals surface area contributed by atoms with Crippen LogP contribution in [0.25, 0.3) is 11.3 Å². The molecular weight excluding hydrogens is 421 g/mol. The number of hydrogen-bond acceptors (Lipinski definition) is 7. The van der Waals surface area contributed by atoms with Crippen molar-refractivity contribution >= 4 is 22.4 Å². The fourth-order valence-electron chi connectivity index (χ4n) is 2.93. The van der Waals surface area contributed by atoms with Gasteiger partial charge in [0.1, 0.15) is 17.3 Å². The molecule has 2 aromatic heterocycles. The van der Waals surface area contributed by atoms with Crippen molar-refractivity contribution in [3.63, 3.8) is 0 Å². The number of methoxy groups -OCH3 is 2. The Bertz CT molecular complexity index is 1200. The number of nitrogens with one attached hydrogen (secondary N) is 1. The topological polar surface area (TPSA) is 86.5 Å². The van der Waals surface area contributed by atoms with Crippen molar-refractivity contribution in [1.29, 1.82) is 0 Å². The Morgan fingerprint density at radius 3 is 2.68 bits per heavy atom. The van der Waals surface area contributed by atoms with Crippen molar-refractivity contribution in [1.82, 2.24) is 10.1 Å². The minimum atomic E-state index is -0.445. The number of rotatable bonds is 7. The molecule has 0 unspecified atom stereocenters. The molecule has 2 aromatic carbocycles. The molecule has 0 saturated carbocycles. The lowest BCUT2D eigenvalue weighted by molar-refractivity contribution is 0.101. The zero-order chi connectivity index (χ0) is 21.8. The summed E-state index contributed by atoms with van der Waals surface area (Å²) in [5.41, 5.74) is 1.68. The second kappa shape index (κ2) is 8.97. The van der Waals surface area contributed by atoms with E-state index in [1.165, 1.54) is 29.5 Å². The van der Waals surface area contributed by atoms with Crippen LogP contribution in [0.1, 0.15) is 20.9 Å². The van der Waals surface area contributed by atoms with Gasteiger partial charge in [0.25, 0.3) is 5.91 Å². The largest absolute Gasteiger partial charge is 0.497 e. The first-order valence-corrected chi connectivity index (χ1v) is 10.1. The second-order valence-electron chi connectivity index (χ2n) is 6.53. The van der Waals surface area contributed by atoms with E-state index in [4.69, 9.17) is 14.0 Å². The van der Waals surface area contributed by atoms with Crippen LogP contribution in [-0.2, 0) is 6.42 Å². The molecule has 158 valence electrons. The molecule has 4 aromatic rings. The summed E-state index contributed by atoms with van der Waals surface area (Å²) in [4.78, 5) is 17.7. The fraction of sp³-hybridized carbons (Fsp3) is 0.136. The average Bonchev–Trinajstić information content (AvgIpc) is 3.45. The maximum absolute atomic E-state index is 13.0. The zero-order valence-electron chi connectivity index (χ0n) is 16.7. The first-order valence-electron chi connectivity index (χ1n) is 9.25. The van der Waals surface area contributed by atoms with Crippen LogP contribution in [0.3, 0.4) is 0 Å². The van der Waals surface area contributed by atoms with Gasteiger partial charge in [-0.15, -0.1) is 11.3 Å². The molecule has 1 amide bonds. The van der Waals surface area contributed by atoms with Gasteiger partial charge in [-0.25, -0.2) is 9.37 Å². The van der Waals surface area contributed by atoms with E-state index in [0.717, 1.165) is 10.4 Å². The van der Waals surface area contributed by atoms with Crippen molar-refractivity contribution in [2.24, 2.45) is 0 Å². The summed E-state index contributed by atoms with van der Waals surface area (Å²) in [6, 6.07) is 13.0. The molecule has 9 heteroatoms. The van der Waals surface area contributed by atoms with E-state index in [-0.39, 0.29) is 11.5 Å². The molecule has 0 saturated heterocycles. The normalized spacial score (nSPS) is 10.7. The van der Waals surface area contributed by atoms with Crippen molar-refractivity contribution in [3.8, 4) is 22.8 Å². The average molecular weight is 439 g/mol. The zero-order valence-corrected chi connectivity index (χ0v) is 17.5. The number of nitrogens with zero attached hydrogens (tertiary/aromatic N) is 2. The lowest BCUT2D eigenvalue weighted by Crippen LogP contribution is -2.11. The highest BCUT2D eigenvalue weighted by Gasteiger charge is 2.18. The molecule has 7 nitrogen and oxygen atoms in total. The van der Waals surface area contributed by atoms with Gasteiger partial charge in [0, 0.05) is 23.6 Å². The Morgan fingerprint density at radius 2 is 1.94 bits per heavy atom. The van der Waals surface area contributed by atoms with Crippen LogP contribution in [0.2, 0.25) is 0 Å². The second-order valence-corrected chi connectivity index (χ2v) is 7.65. The van der Waals surface area contributed by atoms with Crippen LogP contribution < -0.4 is 14.8 Å². The first kappa shape index (κ1) is 20.5. The quantitative estimate of drug-likeness (QED) is 0.445. The number of halogens is 1. The molecule has 0 aliphatic carbocycles. The van der Waals surface area contributed by atoms with E-state index >= 15 is 0 Å². The number of carbonyl (C=O) groups is 1. The summed E-state index contributed by atoms with van der Waals surface area (Å²) >= 11 is 1.34. The monoisotopic (exact) mass is 439 g/mol. The molecule has 31 heavy (non-hydrogen) atoms. The maximum atomic E-state index is 13.0. The minimum Gasteiger partial charge on any atom is -0.497 e. The molecular formula is C22H18FN3O4S. The Hall–Kier alpha value is -3.72. The standard InChI is InChI=1S/C22H18FN3O4S/c1-28-15-7-8-19(29-2)17(10-15)20-11-18(26-30-20)21(27)25-22-24-12-16(31-22)9-13-3-5-14(23)6-4-13/h3-8,10-12H,9H2,1-2H3,(H,24,25,27). The number of carbonyl (C=O) groups excluding carboxylic acids is 1. The van der Waals surface area contributed by atoms with Gasteiger partial charge in [0.05, 0.1) is 19.8 Å². The van der Waals surface area contributed by atoms with Crippen molar-refractivity contribution in [2.45, 2.75) is 6.42 Å². The summed E-state index contributed by atoms with van der Waals surface area (Å²) < 4.78 is 29.0. The number of benzene rings is 2. The molecule has 0 radical (unpaired) electrons. The molecule has 2 heterocycles. The molecule has 0 bridgehead atoms. The van der Waals surface area contributed by atoms with E-state index in [1.807, 2.05) is 0 Å². The van der Waals surface area contributed by atoms with Crippen LogP contribution in [0, 0.1) is 5.82 Å². The van der Waals surface area contributed by atoms with E-state index in [1.54, 1.807) is 50.7 Å². The SMILES string of the molecule is COc1ccc(OC)c(-c2cc(C(=O)Nc3ncc(Cc4ccc(F)cc4)s3)no2)c1. The van der Waals surface area contributed by atoms with E-state index in [0.29, 0.717) is 34.4 Å². The van der Waals surface area contributed by atoms with Gasteiger partial charge in [0.2, 0.25) is 0 Å². The van der Waals surface area contributed by atoms with Crippen molar-refractivity contribution in [3.05, 3.63) is 76.7 Å². The highest BCUT2D eigenvalue weighted by atomic mass is 32.1. The molecule has 0 atom stereocenters. The van der Waals surface area contributed by atoms with Crippen LogP contribution >= 0.6 is 11.3 Å². The first-order chi connectivity index (χ1) is 15.1. The number of amides is 1. The summed E-state index contributed by atoms with van der Waals surface area (Å²) in [5, 5.41) is 7.02. The van der Waals surface area contributed by atoms with Crippen LogP contribution in [0.5, 0.6) is 11.5 Å². The molecule has 0 spiro atoms. The maximum Gasteiger partial charge on any atom is 0.279 e. The summed E-state index contributed by atoms with van der Waals surface area (Å²) in [6.07, 6.45) is 2.27. The van der Waals surface area contributed by atoms with Gasteiger partial charge in [-0.3, -0.25) is 10.1 Å². The van der Waals surface area contributed by atoms with Crippen LogP contribution in [0.15, 0.2) is 59.3 Å². The third-order valence-electron chi connectivity index (χ3n) is 4.48. The van der Waals surface area contributed by atoms with E-state index in [2.05, 4.69) is 15.5 Å². The van der Waals surface area contributed by atoms with E-state index in [9.17, 15) is 9.18 Å². The van der Waals surface area contributed by atoms with Crippen molar-refractivity contribution in [2.75, 3.05) is 19.5 Å². The van der Waals surface area contributed by atoms with Gasteiger partial charge in [-0.05, 0) is 35.9 Å². The van der Waals surface area contributed by atoms with Crippen LogP contribution in [-0.4, -0.2) is 30.3 Å². The summed E-state index contributed by atoms with van der Waals surface area (Å²) in [6.45, 7) is 0. The van der Waals surface area contributed by atoms with Crippen LogP contribution in [0.4, 0.5) is 9.52 Å². The minimum absolute atomic E-state index is 0.107. The Balaban J connectivity index is 1.46. The van der Waals surface area contributed by atoms with Gasteiger partial charge in [-0.1, -0.05) is 17.3 Å². The number of thiazole rings is 1. The number of hydrogen-bond donors (Lipinski definition) is 1. The van der Waals surface area contributed by atoms with Gasteiger partial charge in [0.15, 0.2) is 16.6 Å². The van der Waals surface area contributed by atoms with E-state index < -0.39 is 5.91 Å². The lowest BCUT2D eigenvalue weighted by Gasteiger charge is -2.07. The number of ether oxygens (including phenoxy) is 2. The number of anilines is 1. The molecule has 1 N–H and O–H groups in total. The predicted molar refractivity (Wildman–Crippen MR) is 114 cm³/mol. The lowest BCUT2D eigenvalue weighted by atomic mass is 10.1. The molecule has 0 fully saturated rings.